The molecule has 2 fully saturated rings. The zero-order chi connectivity index (χ0) is 20.0. The van der Waals surface area contributed by atoms with Crippen LogP contribution in [-0.4, -0.2) is 51.0 Å². The molecule has 1 amide bonds. The normalized spacial score (nSPS) is 26.1. The molecule has 0 aromatic carbocycles. The van der Waals surface area contributed by atoms with E-state index in [1.165, 1.54) is 6.33 Å². The fourth-order valence-corrected chi connectivity index (χ4v) is 5.10. The van der Waals surface area contributed by atoms with Gasteiger partial charge in [-0.1, -0.05) is 6.42 Å². The average molecular weight is 394 g/mol. The number of hydrogen-bond donors (Lipinski definition) is 2. The summed E-state index contributed by atoms with van der Waals surface area (Å²) in [4.78, 5) is 36.1. The van der Waals surface area contributed by atoms with Gasteiger partial charge >= 0.3 is 0 Å². The lowest BCUT2D eigenvalue weighted by Gasteiger charge is -2.44. The fourth-order valence-electron chi connectivity index (χ4n) is 5.10. The van der Waals surface area contributed by atoms with Crippen molar-refractivity contribution in [2.75, 3.05) is 25.4 Å². The molecule has 2 aromatic rings. The van der Waals surface area contributed by atoms with E-state index in [2.05, 4.69) is 15.3 Å². The molecule has 29 heavy (non-hydrogen) atoms. The number of amides is 1. The van der Waals surface area contributed by atoms with Gasteiger partial charge in [0.25, 0.3) is 5.56 Å². The average Bonchev–Trinajstić information content (AvgIpc) is 2.74. The predicted octanol–water partition coefficient (Wildman–Crippen LogP) is 0.975. The maximum Gasteiger partial charge on any atom is 0.251 e. The fraction of sp³-hybridized carbons (Fsp3) is 0.524. The van der Waals surface area contributed by atoms with Crippen molar-refractivity contribution in [2.24, 2.45) is 5.92 Å². The number of fused-ring (bicyclic) bond motifs is 4. The Labute approximate surface area is 169 Å². The van der Waals surface area contributed by atoms with Gasteiger partial charge in [-0.05, 0) is 37.8 Å². The van der Waals surface area contributed by atoms with Crippen LogP contribution >= 0.6 is 0 Å². The van der Waals surface area contributed by atoms with Crippen molar-refractivity contribution in [2.45, 2.75) is 44.2 Å². The summed E-state index contributed by atoms with van der Waals surface area (Å²) in [6.45, 7) is 2.99. The number of anilines is 1. The van der Waals surface area contributed by atoms with E-state index in [0.29, 0.717) is 30.5 Å². The van der Waals surface area contributed by atoms with Crippen molar-refractivity contribution in [3.05, 3.63) is 40.6 Å². The molecule has 2 bridgehead atoms. The number of nitrogen functional groups attached to an aromatic ring is 1. The van der Waals surface area contributed by atoms with Gasteiger partial charge in [-0.2, -0.15) is 0 Å². The molecule has 0 radical (unpaired) electrons. The van der Waals surface area contributed by atoms with E-state index >= 15 is 0 Å². The van der Waals surface area contributed by atoms with Gasteiger partial charge < -0.3 is 20.5 Å². The molecule has 0 spiro atoms. The molecule has 2 aromatic heterocycles. The molecule has 0 saturated carbocycles. The van der Waals surface area contributed by atoms with Gasteiger partial charge in [0.1, 0.15) is 12.1 Å². The SMILES string of the molecule is Nc1cc(-c2cc3n(c(=O)c2)C[C@H]2C[C@@H]3CN(C(=O)[C@@H]3CCCCN3)C2)ncn1. The molecule has 3 aliphatic rings. The van der Waals surface area contributed by atoms with Crippen LogP contribution in [0.5, 0.6) is 0 Å². The highest BCUT2D eigenvalue weighted by Gasteiger charge is 2.38. The van der Waals surface area contributed by atoms with E-state index in [0.717, 1.165) is 50.0 Å². The molecule has 8 heteroatoms. The third-order valence-corrected chi connectivity index (χ3v) is 6.46. The first kappa shape index (κ1) is 18.3. The number of piperidine rings is 2. The number of nitrogens with one attached hydrogen (secondary N) is 1. The number of carbonyl (C=O) groups is 1. The summed E-state index contributed by atoms with van der Waals surface area (Å²) in [6, 6.07) is 5.29. The highest BCUT2D eigenvalue weighted by Crippen LogP contribution is 2.36. The topological polar surface area (TPSA) is 106 Å². The van der Waals surface area contributed by atoms with E-state index < -0.39 is 0 Å². The van der Waals surface area contributed by atoms with Crippen molar-refractivity contribution in [1.29, 1.82) is 0 Å². The van der Waals surface area contributed by atoms with E-state index in [9.17, 15) is 9.59 Å². The molecule has 2 saturated heterocycles. The smallest absolute Gasteiger partial charge is 0.251 e. The Bertz CT molecular complexity index is 997. The molecule has 0 aliphatic carbocycles. The highest BCUT2D eigenvalue weighted by molar-refractivity contribution is 5.82. The standard InChI is InChI=1S/C21H26N6O2/c22-19-8-17(24-12-25-19)14-6-18-15-5-13(10-27(18)20(28)7-14)9-26(11-15)21(29)16-3-1-2-4-23-16/h6-8,12-13,15-16,23H,1-5,9-11H2,(H2,22,24,25)/t13-,15+,16-/m0/s1. The first-order valence-electron chi connectivity index (χ1n) is 10.4. The number of nitrogens with two attached hydrogens (primary N) is 1. The van der Waals surface area contributed by atoms with Gasteiger partial charge in [-0.3, -0.25) is 9.59 Å². The summed E-state index contributed by atoms with van der Waals surface area (Å²) < 4.78 is 1.88. The Morgan fingerprint density at radius 2 is 2.03 bits per heavy atom. The maximum atomic E-state index is 13.1. The number of nitrogens with zero attached hydrogens (tertiary/aromatic N) is 4. The lowest BCUT2D eigenvalue weighted by atomic mass is 9.82. The lowest BCUT2D eigenvalue weighted by molar-refractivity contribution is -0.136. The zero-order valence-corrected chi connectivity index (χ0v) is 16.4. The van der Waals surface area contributed by atoms with Crippen molar-refractivity contribution in [3.8, 4) is 11.3 Å². The van der Waals surface area contributed by atoms with Gasteiger partial charge in [0.15, 0.2) is 0 Å². The number of likely N-dealkylation sites (tertiary alicyclic amines) is 1. The largest absolute Gasteiger partial charge is 0.384 e. The van der Waals surface area contributed by atoms with Crippen LogP contribution in [-0.2, 0) is 11.3 Å². The highest BCUT2D eigenvalue weighted by atomic mass is 16.2. The van der Waals surface area contributed by atoms with Crippen molar-refractivity contribution in [1.82, 2.24) is 24.8 Å². The number of rotatable bonds is 2. The van der Waals surface area contributed by atoms with Crippen LogP contribution in [0.2, 0.25) is 0 Å². The molecule has 3 N–H and O–H groups in total. The monoisotopic (exact) mass is 394 g/mol. The van der Waals surface area contributed by atoms with Crippen LogP contribution in [0.25, 0.3) is 11.3 Å². The quantitative estimate of drug-likeness (QED) is 0.786. The zero-order valence-electron chi connectivity index (χ0n) is 16.4. The lowest BCUT2D eigenvalue weighted by Crippen LogP contribution is -2.55. The minimum absolute atomic E-state index is 0.0156. The molecule has 152 valence electrons. The van der Waals surface area contributed by atoms with Gasteiger partial charge in [-0.15, -0.1) is 0 Å². The first-order valence-corrected chi connectivity index (χ1v) is 10.4. The van der Waals surface area contributed by atoms with Crippen LogP contribution in [0.1, 0.15) is 37.3 Å². The first-order chi connectivity index (χ1) is 14.1. The minimum Gasteiger partial charge on any atom is -0.384 e. The summed E-state index contributed by atoms with van der Waals surface area (Å²) in [6.07, 6.45) is 5.59. The Kier molecular flexibility index (Phi) is 4.58. The molecule has 5 heterocycles. The van der Waals surface area contributed by atoms with E-state index in [1.54, 1.807) is 12.1 Å². The van der Waals surface area contributed by atoms with Crippen molar-refractivity contribution < 1.29 is 4.79 Å². The summed E-state index contributed by atoms with van der Waals surface area (Å²) in [5.74, 6) is 1.09. The van der Waals surface area contributed by atoms with Crippen LogP contribution < -0.4 is 16.6 Å². The van der Waals surface area contributed by atoms with Gasteiger partial charge in [-0.25, -0.2) is 9.97 Å². The molecule has 8 nitrogen and oxygen atoms in total. The number of aromatic nitrogens is 3. The second kappa shape index (κ2) is 7.26. The number of pyridine rings is 1. The molecule has 3 aliphatic heterocycles. The Morgan fingerprint density at radius 1 is 1.14 bits per heavy atom. The van der Waals surface area contributed by atoms with Crippen molar-refractivity contribution >= 4 is 11.7 Å². The number of carbonyl (C=O) groups excluding carboxylic acids is 1. The Morgan fingerprint density at radius 3 is 2.83 bits per heavy atom. The molecular weight excluding hydrogens is 368 g/mol. The van der Waals surface area contributed by atoms with E-state index in [4.69, 9.17) is 5.73 Å². The van der Waals surface area contributed by atoms with Crippen LogP contribution in [0.3, 0.4) is 0 Å². The summed E-state index contributed by atoms with van der Waals surface area (Å²) in [5, 5.41) is 3.37. The van der Waals surface area contributed by atoms with E-state index in [-0.39, 0.29) is 23.4 Å². The maximum absolute atomic E-state index is 13.1. The summed E-state index contributed by atoms with van der Waals surface area (Å²) in [7, 11) is 0. The molecule has 3 atom stereocenters. The summed E-state index contributed by atoms with van der Waals surface area (Å²) >= 11 is 0. The van der Waals surface area contributed by atoms with Gasteiger partial charge in [0.2, 0.25) is 5.91 Å². The number of hydrogen-bond acceptors (Lipinski definition) is 6. The van der Waals surface area contributed by atoms with Crippen LogP contribution in [0, 0.1) is 5.92 Å². The minimum atomic E-state index is -0.0555. The van der Waals surface area contributed by atoms with Gasteiger partial charge in [0, 0.05) is 48.9 Å². The predicted molar refractivity (Wildman–Crippen MR) is 109 cm³/mol. The second-order valence-corrected chi connectivity index (χ2v) is 8.49. The molecule has 0 unspecified atom stereocenters. The second-order valence-electron chi connectivity index (χ2n) is 8.49. The van der Waals surface area contributed by atoms with Crippen LogP contribution in [0.15, 0.2) is 29.3 Å². The van der Waals surface area contributed by atoms with E-state index in [1.807, 2.05) is 15.5 Å². The molecular formula is C21H26N6O2. The van der Waals surface area contributed by atoms with Crippen LogP contribution in [0.4, 0.5) is 5.82 Å². The summed E-state index contributed by atoms with van der Waals surface area (Å²) in [5.41, 5.74) is 8.17. The Balaban J connectivity index is 1.45. The van der Waals surface area contributed by atoms with Crippen molar-refractivity contribution in [3.63, 3.8) is 0 Å². The Hall–Kier alpha value is -2.74. The molecule has 5 rings (SSSR count). The third kappa shape index (κ3) is 3.42. The third-order valence-electron chi connectivity index (χ3n) is 6.46. The van der Waals surface area contributed by atoms with Gasteiger partial charge in [0.05, 0.1) is 11.7 Å².